The summed E-state index contributed by atoms with van der Waals surface area (Å²) in [5, 5.41) is 13.3. The SMILES string of the molecule is Nc1ccc(C(=O)Nc2ccc(Br)c([N+](=O)[O-])c2)nc1. The van der Waals surface area contributed by atoms with Gasteiger partial charge in [0.05, 0.1) is 21.3 Å². The van der Waals surface area contributed by atoms with E-state index in [4.69, 9.17) is 5.73 Å². The molecule has 0 atom stereocenters. The van der Waals surface area contributed by atoms with Gasteiger partial charge in [0.1, 0.15) is 5.69 Å². The number of nitrogens with zero attached hydrogens (tertiary/aromatic N) is 2. The molecule has 0 aliphatic heterocycles. The molecule has 2 rings (SSSR count). The summed E-state index contributed by atoms with van der Waals surface area (Å²) < 4.78 is 0.339. The molecule has 20 heavy (non-hydrogen) atoms. The summed E-state index contributed by atoms with van der Waals surface area (Å²) in [5.41, 5.74) is 6.27. The summed E-state index contributed by atoms with van der Waals surface area (Å²) in [4.78, 5) is 26.0. The summed E-state index contributed by atoms with van der Waals surface area (Å²) in [7, 11) is 0. The van der Waals surface area contributed by atoms with Gasteiger partial charge in [0, 0.05) is 11.8 Å². The minimum atomic E-state index is -0.540. The highest BCUT2D eigenvalue weighted by Gasteiger charge is 2.14. The molecular formula is C12H9BrN4O3. The lowest BCUT2D eigenvalue weighted by Gasteiger charge is -2.05. The Balaban J connectivity index is 2.21. The average Bonchev–Trinajstić information content (AvgIpc) is 2.41. The number of nitro benzene ring substituents is 1. The van der Waals surface area contributed by atoms with Gasteiger partial charge in [0.2, 0.25) is 0 Å². The highest BCUT2D eigenvalue weighted by Crippen LogP contribution is 2.27. The number of nitrogens with two attached hydrogens (primary N) is 1. The van der Waals surface area contributed by atoms with Gasteiger partial charge in [0.15, 0.2) is 0 Å². The van der Waals surface area contributed by atoms with Crippen LogP contribution >= 0.6 is 15.9 Å². The maximum atomic E-state index is 11.9. The largest absolute Gasteiger partial charge is 0.397 e. The van der Waals surface area contributed by atoms with E-state index in [-0.39, 0.29) is 11.4 Å². The molecule has 1 aromatic carbocycles. The number of aromatic nitrogens is 1. The quantitative estimate of drug-likeness (QED) is 0.660. The molecule has 0 aliphatic carbocycles. The number of halogens is 1. The van der Waals surface area contributed by atoms with E-state index in [9.17, 15) is 14.9 Å². The van der Waals surface area contributed by atoms with E-state index >= 15 is 0 Å². The van der Waals surface area contributed by atoms with Gasteiger partial charge in [-0.1, -0.05) is 0 Å². The van der Waals surface area contributed by atoms with E-state index in [2.05, 4.69) is 26.2 Å². The molecule has 1 heterocycles. The zero-order chi connectivity index (χ0) is 14.7. The number of amides is 1. The van der Waals surface area contributed by atoms with Gasteiger partial charge in [-0.15, -0.1) is 0 Å². The minimum absolute atomic E-state index is 0.131. The number of nitrogen functional groups attached to an aromatic ring is 1. The summed E-state index contributed by atoms with van der Waals surface area (Å²) in [6, 6.07) is 7.32. The van der Waals surface area contributed by atoms with Crippen LogP contribution in [0.15, 0.2) is 41.0 Å². The van der Waals surface area contributed by atoms with Crippen molar-refractivity contribution in [3.8, 4) is 0 Å². The van der Waals surface area contributed by atoms with Gasteiger partial charge in [-0.2, -0.15) is 0 Å². The molecule has 7 nitrogen and oxygen atoms in total. The van der Waals surface area contributed by atoms with Crippen LogP contribution in [0.25, 0.3) is 0 Å². The maximum Gasteiger partial charge on any atom is 0.285 e. The number of carbonyl (C=O) groups is 1. The van der Waals surface area contributed by atoms with Crippen molar-refractivity contribution in [1.82, 2.24) is 4.98 Å². The number of rotatable bonds is 3. The predicted octanol–water partition coefficient (Wildman–Crippen LogP) is 2.59. The fourth-order valence-electron chi connectivity index (χ4n) is 1.47. The molecule has 0 radical (unpaired) electrons. The Hall–Kier alpha value is -2.48. The van der Waals surface area contributed by atoms with Crippen LogP contribution in [0.1, 0.15) is 10.5 Å². The van der Waals surface area contributed by atoms with E-state index < -0.39 is 10.8 Å². The van der Waals surface area contributed by atoms with Crippen molar-refractivity contribution in [2.24, 2.45) is 0 Å². The molecule has 0 unspecified atom stereocenters. The molecule has 2 aromatic rings. The fraction of sp³-hybridized carbons (Fsp3) is 0. The zero-order valence-corrected chi connectivity index (χ0v) is 11.6. The first-order valence-corrected chi connectivity index (χ1v) is 6.23. The maximum absolute atomic E-state index is 11.9. The molecule has 0 saturated heterocycles. The van der Waals surface area contributed by atoms with Crippen molar-refractivity contribution in [2.75, 3.05) is 11.1 Å². The van der Waals surface area contributed by atoms with Crippen molar-refractivity contribution in [3.63, 3.8) is 0 Å². The van der Waals surface area contributed by atoms with E-state index in [0.717, 1.165) is 0 Å². The normalized spacial score (nSPS) is 10.1. The Bertz CT molecular complexity index is 673. The van der Waals surface area contributed by atoms with Crippen LogP contribution in [0.5, 0.6) is 0 Å². The monoisotopic (exact) mass is 336 g/mol. The Morgan fingerprint density at radius 3 is 2.70 bits per heavy atom. The molecule has 1 aromatic heterocycles. The van der Waals surface area contributed by atoms with Gasteiger partial charge >= 0.3 is 0 Å². The molecule has 3 N–H and O–H groups in total. The van der Waals surface area contributed by atoms with Crippen LogP contribution in [0.3, 0.4) is 0 Å². The molecule has 0 fully saturated rings. The number of anilines is 2. The third kappa shape index (κ3) is 3.09. The van der Waals surface area contributed by atoms with Crippen LogP contribution in [0, 0.1) is 10.1 Å². The lowest BCUT2D eigenvalue weighted by molar-refractivity contribution is -0.385. The molecule has 0 bridgehead atoms. The molecular weight excluding hydrogens is 328 g/mol. The summed E-state index contributed by atoms with van der Waals surface area (Å²) in [6.45, 7) is 0. The smallest absolute Gasteiger partial charge is 0.285 e. The Kier molecular flexibility index (Phi) is 3.94. The van der Waals surface area contributed by atoms with E-state index in [1.165, 1.54) is 24.4 Å². The fourth-order valence-corrected chi connectivity index (χ4v) is 1.86. The second-order valence-corrected chi connectivity index (χ2v) is 4.71. The third-order valence-electron chi connectivity index (χ3n) is 2.42. The van der Waals surface area contributed by atoms with Gasteiger partial charge in [0.25, 0.3) is 11.6 Å². The third-order valence-corrected chi connectivity index (χ3v) is 3.09. The number of nitro groups is 1. The summed E-state index contributed by atoms with van der Waals surface area (Å²) in [6.07, 6.45) is 1.36. The predicted molar refractivity (Wildman–Crippen MR) is 77.4 cm³/mol. The molecule has 0 saturated carbocycles. The van der Waals surface area contributed by atoms with Gasteiger partial charge in [-0.25, -0.2) is 4.98 Å². The second kappa shape index (κ2) is 5.66. The highest BCUT2D eigenvalue weighted by molar-refractivity contribution is 9.10. The Labute approximate surface area is 122 Å². The van der Waals surface area contributed by atoms with Crippen molar-refractivity contribution in [1.29, 1.82) is 0 Å². The topological polar surface area (TPSA) is 111 Å². The molecule has 102 valence electrons. The molecule has 0 spiro atoms. The van der Waals surface area contributed by atoms with Gasteiger partial charge in [-0.05, 0) is 40.2 Å². The molecule has 1 amide bonds. The molecule has 8 heteroatoms. The first-order valence-electron chi connectivity index (χ1n) is 5.44. The lowest BCUT2D eigenvalue weighted by Crippen LogP contribution is -2.13. The molecule has 0 aliphatic rings. The summed E-state index contributed by atoms with van der Waals surface area (Å²) >= 11 is 3.07. The van der Waals surface area contributed by atoms with Crippen molar-refractivity contribution >= 4 is 38.9 Å². The van der Waals surface area contributed by atoms with Crippen LogP contribution in [-0.2, 0) is 0 Å². The van der Waals surface area contributed by atoms with Crippen molar-refractivity contribution < 1.29 is 9.72 Å². The van der Waals surface area contributed by atoms with E-state index in [1.807, 2.05) is 0 Å². The van der Waals surface area contributed by atoms with Crippen LogP contribution < -0.4 is 11.1 Å². The van der Waals surface area contributed by atoms with Crippen molar-refractivity contribution in [2.45, 2.75) is 0 Å². The minimum Gasteiger partial charge on any atom is -0.397 e. The standard InChI is InChI=1S/C12H9BrN4O3/c13-9-3-2-8(5-11(9)17(19)20)16-12(18)10-4-1-7(14)6-15-10/h1-6H,14H2,(H,16,18). The average molecular weight is 337 g/mol. The highest BCUT2D eigenvalue weighted by atomic mass is 79.9. The number of pyridine rings is 1. The van der Waals surface area contributed by atoms with Gasteiger partial charge < -0.3 is 11.1 Å². The second-order valence-electron chi connectivity index (χ2n) is 3.85. The lowest BCUT2D eigenvalue weighted by atomic mass is 10.2. The van der Waals surface area contributed by atoms with Gasteiger partial charge in [-0.3, -0.25) is 14.9 Å². The van der Waals surface area contributed by atoms with Crippen molar-refractivity contribution in [3.05, 3.63) is 56.8 Å². The number of hydrogen-bond donors (Lipinski definition) is 2. The summed E-state index contributed by atoms with van der Waals surface area (Å²) in [5.74, 6) is -0.471. The van der Waals surface area contributed by atoms with Crippen LogP contribution in [0.2, 0.25) is 0 Å². The number of nitrogens with one attached hydrogen (secondary N) is 1. The zero-order valence-electron chi connectivity index (χ0n) is 10.0. The van der Waals surface area contributed by atoms with E-state index in [0.29, 0.717) is 15.8 Å². The Morgan fingerprint density at radius 2 is 2.10 bits per heavy atom. The number of hydrogen-bond acceptors (Lipinski definition) is 5. The number of carbonyl (C=O) groups excluding carboxylic acids is 1. The Morgan fingerprint density at radius 1 is 1.35 bits per heavy atom. The van der Waals surface area contributed by atoms with Crippen LogP contribution in [-0.4, -0.2) is 15.8 Å². The first-order chi connectivity index (χ1) is 9.47. The number of benzene rings is 1. The van der Waals surface area contributed by atoms with E-state index in [1.54, 1.807) is 12.1 Å². The first kappa shape index (κ1) is 13.9. The van der Waals surface area contributed by atoms with Crippen LogP contribution in [0.4, 0.5) is 17.1 Å².